The largest absolute Gasteiger partial charge is 0.497 e. The number of nitrogens with one attached hydrogen (secondary N) is 2. The molecule has 0 fully saturated rings. The van der Waals surface area contributed by atoms with Gasteiger partial charge in [0.1, 0.15) is 11.5 Å². The van der Waals surface area contributed by atoms with E-state index >= 15 is 0 Å². The maximum absolute atomic E-state index is 12.1. The summed E-state index contributed by atoms with van der Waals surface area (Å²) in [6, 6.07) is 5.89. The zero-order valence-corrected chi connectivity index (χ0v) is 15.0. The quantitative estimate of drug-likeness (QED) is 0.844. The molecular formula is C19H25N3O3. The van der Waals surface area contributed by atoms with Crippen LogP contribution in [0.2, 0.25) is 0 Å². The zero-order valence-electron chi connectivity index (χ0n) is 15.0. The number of ether oxygens (including phenoxy) is 2. The molecule has 1 aromatic carbocycles. The smallest absolute Gasteiger partial charge is 0.220 e. The number of hydrogen-bond acceptors (Lipinski definition) is 4. The van der Waals surface area contributed by atoms with Gasteiger partial charge >= 0.3 is 0 Å². The van der Waals surface area contributed by atoms with Crippen molar-refractivity contribution in [1.29, 1.82) is 0 Å². The Bertz CT molecular complexity index is 754. The van der Waals surface area contributed by atoms with Gasteiger partial charge in [-0.2, -0.15) is 5.10 Å². The molecule has 0 spiro atoms. The number of aromatic nitrogens is 2. The van der Waals surface area contributed by atoms with Gasteiger partial charge in [0.05, 0.1) is 19.4 Å². The molecule has 25 heavy (non-hydrogen) atoms. The van der Waals surface area contributed by atoms with Crippen molar-refractivity contribution in [3.8, 4) is 11.5 Å². The average molecular weight is 343 g/mol. The molecule has 1 atom stereocenters. The molecule has 2 N–H and O–H groups in total. The van der Waals surface area contributed by atoms with Crippen molar-refractivity contribution in [3.05, 3.63) is 40.7 Å². The first-order valence-corrected chi connectivity index (χ1v) is 8.63. The summed E-state index contributed by atoms with van der Waals surface area (Å²) < 4.78 is 11.0. The van der Waals surface area contributed by atoms with Gasteiger partial charge in [-0.15, -0.1) is 0 Å². The van der Waals surface area contributed by atoms with Crippen LogP contribution < -0.4 is 14.8 Å². The van der Waals surface area contributed by atoms with Crippen molar-refractivity contribution < 1.29 is 14.3 Å². The van der Waals surface area contributed by atoms with E-state index in [0.29, 0.717) is 31.9 Å². The first kappa shape index (κ1) is 17.3. The van der Waals surface area contributed by atoms with E-state index in [1.54, 1.807) is 7.11 Å². The monoisotopic (exact) mass is 343 g/mol. The highest BCUT2D eigenvalue weighted by atomic mass is 16.5. The molecule has 134 valence electrons. The SMILES string of the molecule is COc1ccc2c(c1)OCC(CNC(=O)CCc1n[nH]c(C)c1C)C2. The zero-order chi connectivity index (χ0) is 17.8. The van der Waals surface area contributed by atoms with E-state index in [1.807, 2.05) is 32.0 Å². The number of fused-ring (bicyclic) bond motifs is 1. The third kappa shape index (κ3) is 4.13. The number of nitrogens with zero attached hydrogens (tertiary/aromatic N) is 1. The number of hydrogen-bond donors (Lipinski definition) is 2. The maximum atomic E-state index is 12.1. The summed E-state index contributed by atoms with van der Waals surface area (Å²) in [6.07, 6.45) is 2.01. The minimum absolute atomic E-state index is 0.0561. The molecule has 1 aromatic heterocycles. The number of benzene rings is 1. The Morgan fingerprint density at radius 3 is 3.00 bits per heavy atom. The number of rotatable bonds is 6. The van der Waals surface area contributed by atoms with Crippen LogP contribution in [-0.2, 0) is 17.6 Å². The molecule has 0 bridgehead atoms. The van der Waals surface area contributed by atoms with Crippen LogP contribution in [0.1, 0.15) is 28.9 Å². The van der Waals surface area contributed by atoms with Gasteiger partial charge in [-0.25, -0.2) is 0 Å². The molecule has 0 radical (unpaired) electrons. The number of H-pyrrole nitrogens is 1. The van der Waals surface area contributed by atoms with Crippen LogP contribution in [0.15, 0.2) is 18.2 Å². The fourth-order valence-corrected chi connectivity index (χ4v) is 3.03. The van der Waals surface area contributed by atoms with E-state index in [0.717, 1.165) is 40.4 Å². The Balaban J connectivity index is 1.45. The summed E-state index contributed by atoms with van der Waals surface area (Å²) in [5.41, 5.74) is 4.33. The lowest BCUT2D eigenvalue weighted by Gasteiger charge is -2.25. The lowest BCUT2D eigenvalue weighted by Crippen LogP contribution is -2.34. The van der Waals surface area contributed by atoms with Gasteiger partial charge in [-0.1, -0.05) is 6.07 Å². The second kappa shape index (κ2) is 7.59. The predicted molar refractivity (Wildman–Crippen MR) is 95.1 cm³/mol. The molecule has 3 rings (SSSR count). The summed E-state index contributed by atoms with van der Waals surface area (Å²) >= 11 is 0. The number of aryl methyl sites for hydroxylation is 2. The van der Waals surface area contributed by atoms with E-state index in [1.165, 1.54) is 0 Å². The minimum atomic E-state index is 0.0561. The topological polar surface area (TPSA) is 76.2 Å². The van der Waals surface area contributed by atoms with E-state index in [9.17, 15) is 4.79 Å². The third-order valence-corrected chi connectivity index (χ3v) is 4.79. The van der Waals surface area contributed by atoms with E-state index < -0.39 is 0 Å². The van der Waals surface area contributed by atoms with Gasteiger partial charge in [0.2, 0.25) is 5.91 Å². The summed E-state index contributed by atoms with van der Waals surface area (Å²) in [5, 5.41) is 10.2. The Hall–Kier alpha value is -2.50. The fourth-order valence-electron chi connectivity index (χ4n) is 3.03. The van der Waals surface area contributed by atoms with Gasteiger partial charge < -0.3 is 14.8 Å². The average Bonchev–Trinajstić information content (AvgIpc) is 2.96. The third-order valence-electron chi connectivity index (χ3n) is 4.79. The van der Waals surface area contributed by atoms with Crippen LogP contribution >= 0.6 is 0 Å². The van der Waals surface area contributed by atoms with E-state index in [2.05, 4.69) is 15.5 Å². The number of carbonyl (C=O) groups is 1. The van der Waals surface area contributed by atoms with Crippen molar-refractivity contribution in [3.63, 3.8) is 0 Å². The second-order valence-corrected chi connectivity index (χ2v) is 6.58. The molecule has 0 aliphatic carbocycles. The van der Waals surface area contributed by atoms with Gasteiger partial charge in [0.15, 0.2) is 0 Å². The van der Waals surface area contributed by atoms with Crippen molar-refractivity contribution in [1.82, 2.24) is 15.5 Å². The first-order valence-electron chi connectivity index (χ1n) is 8.63. The van der Waals surface area contributed by atoms with Crippen LogP contribution in [0, 0.1) is 19.8 Å². The minimum Gasteiger partial charge on any atom is -0.497 e. The molecule has 1 unspecified atom stereocenters. The van der Waals surface area contributed by atoms with Crippen LogP contribution in [-0.4, -0.2) is 36.4 Å². The predicted octanol–water partition coefficient (Wildman–Crippen LogP) is 2.34. The van der Waals surface area contributed by atoms with Gasteiger partial charge in [-0.05, 0) is 37.5 Å². The van der Waals surface area contributed by atoms with Gasteiger partial charge in [0.25, 0.3) is 0 Å². The fraction of sp³-hybridized carbons (Fsp3) is 0.474. The Labute approximate surface area is 147 Å². The standard InChI is InChI=1S/C19H25N3O3/c1-12-13(2)21-22-17(12)6-7-19(23)20-10-14-8-15-4-5-16(24-3)9-18(15)25-11-14/h4-5,9,14H,6-8,10-11H2,1-3H3,(H,20,23)(H,21,22). The molecule has 1 aliphatic rings. The van der Waals surface area contributed by atoms with Crippen LogP contribution in [0.5, 0.6) is 11.5 Å². The molecule has 6 nitrogen and oxygen atoms in total. The Morgan fingerprint density at radius 1 is 1.44 bits per heavy atom. The summed E-state index contributed by atoms with van der Waals surface area (Å²) in [7, 11) is 1.65. The van der Waals surface area contributed by atoms with Crippen LogP contribution in [0.4, 0.5) is 0 Å². The summed E-state index contributed by atoms with van der Waals surface area (Å²) in [4.78, 5) is 12.1. The van der Waals surface area contributed by atoms with Crippen LogP contribution in [0.3, 0.4) is 0 Å². The molecule has 0 saturated heterocycles. The molecule has 2 aromatic rings. The normalized spacial score (nSPS) is 16.0. The number of carbonyl (C=O) groups excluding carboxylic acids is 1. The van der Waals surface area contributed by atoms with E-state index in [4.69, 9.17) is 9.47 Å². The lowest BCUT2D eigenvalue weighted by atomic mass is 9.96. The van der Waals surface area contributed by atoms with Gasteiger partial charge in [-0.3, -0.25) is 9.89 Å². The number of aromatic amines is 1. The van der Waals surface area contributed by atoms with Crippen LogP contribution in [0.25, 0.3) is 0 Å². The maximum Gasteiger partial charge on any atom is 0.220 e. The highest BCUT2D eigenvalue weighted by Crippen LogP contribution is 2.30. The van der Waals surface area contributed by atoms with Crippen molar-refractivity contribution >= 4 is 5.91 Å². The summed E-state index contributed by atoms with van der Waals surface area (Å²) in [6.45, 7) is 5.25. The molecule has 1 aliphatic heterocycles. The molecule has 6 heteroatoms. The Kier molecular flexibility index (Phi) is 5.26. The van der Waals surface area contributed by atoms with Crippen molar-refractivity contribution in [2.75, 3.05) is 20.3 Å². The molecular weight excluding hydrogens is 318 g/mol. The summed E-state index contributed by atoms with van der Waals surface area (Å²) in [5.74, 6) is 2.03. The molecule has 2 heterocycles. The number of methoxy groups -OCH3 is 1. The highest BCUT2D eigenvalue weighted by Gasteiger charge is 2.21. The van der Waals surface area contributed by atoms with Gasteiger partial charge in [0, 0.05) is 37.1 Å². The lowest BCUT2D eigenvalue weighted by molar-refractivity contribution is -0.121. The number of amides is 1. The molecule has 0 saturated carbocycles. The second-order valence-electron chi connectivity index (χ2n) is 6.58. The molecule has 1 amide bonds. The van der Waals surface area contributed by atoms with E-state index in [-0.39, 0.29) is 5.91 Å². The first-order chi connectivity index (χ1) is 12.1. The Morgan fingerprint density at radius 2 is 2.28 bits per heavy atom. The van der Waals surface area contributed by atoms with Crippen molar-refractivity contribution in [2.45, 2.75) is 33.1 Å². The highest BCUT2D eigenvalue weighted by molar-refractivity contribution is 5.76. The van der Waals surface area contributed by atoms with Crippen molar-refractivity contribution in [2.24, 2.45) is 5.92 Å².